The Balaban J connectivity index is 1.60. The van der Waals surface area contributed by atoms with Gasteiger partial charge in [-0.25, -0.2) is 4.39 Å². The van der Waals surface area contributed by atoms with Gasteiger partial charge in [0.05, 0.1) is 5.60 Å². The molecule has 1 aromatic rings. The van der Waals surface area contributed by atoms with Crippen molar-refractivity contribution < 1.29 is 19.1 Å². The number of carbonyl (C=O) groups is 2. The van der Waals surface area contributed by atoms with Crippen molar-refractivity contribution in [3.63, 3.8) is 0 Å². The second-order valence-electron chi connectivity index (χ2n) is 6.07. The van der Waals surface area contributed by atoms with Gasteiger partial charge >= 0.3 is 0 Å². The van der Waals surface area contributed by atoms with Crippen LogP contribution in [-0.2, 0) is 4.79 Å². The number of amides is 2. The van der Waals surface area contributed by atoms with Gasteiger partial charge in [-0.3, -0.25) is 9.59 Å². The molecule has 0 atom stereocenters. The summed E-state index contributed by atoms with van der Waals surface area (Å²) in [6.07, 6.45) is 4.28. The van der Waals surface area contributed by atoms with Crippen molar-refractivity contribution >= 4 is 11.8 Å². The summed E-state index contributed by atoms with van der Waals surface area (Å²) in [5.41, 5.74) is -0.355. The second-order valence-corrected chi connectivity index (χ2v) is 6.07. The van der Waals surface area contributed by atoms with Gasteiger partial charge in [-0.05, 0) is 43.5 Å². The SMILES string of the molecule is O=C(CCCNC(=O)c1ccc(F)cc1)NCC1(O)CCCC1. The van der Waals surface area contributed by atoms with Crippen molar-refractivity contribution in [1.29, 1.82) is 0 Å². The van der Waals surface area contributed by atoms with E-state index in [4.69, 9.17) is 0 Å². The average Bonchev–Trinajstić information content (AvgIpc) is 2.97. The minimum atomic E-state index is -0.744. The van der Waals surface area contributed by atoms with Gasteiger partial charge in [0.2, 0.25) is 5.91 Å². The topological polar surface area (TPSA) is 78.4 Å². The molecule has 1 fully saturated rings. The van der Waals surface area contributed by atoms with Crippen LogP contribution >= 0.6 is 0 Å². The molecule has 0 radical (unpaired) electrons. The van der Waals surface area contributed by atoms with Gasteiger partial charge in [-0.2, -0.15) is 0 Å². The molecule has 126 valence electrons. The van der Waals surface area contributed by atoms with Crippen LogP contribution in [0.2, 0.25) is 0 Å². The fourth-order valence-corrected chi connectivity index (χ4v) is 2.72. The summed E-state index contributed by atoms with van der Waals surface area (Å²) in [5.74, 6) is -0.797. The number of nitrogens with one attached hydrogen (secondary N) is 2. The van der Waals surface area contributed by atoms with E-state index in [0.29, 0.717) is 31.5 Å². The Hall–Kier alpha value is -1.95. The van der Waals surface area contributed by atoms with Gasteiger partial charge in [0.1, 0.15) is 5.82 Å². The average molecular weight is 322 g/mol. The summed E-state index contributed by atoms with van der Waals surface area (Å²) >= 11 is 0. The summed E-state index contributed by atoms with van der Waals surface area (Å²) in [6, 6.07) is 5.30. The second kappa shape index (κ2) is 8.06. The molecule has 0 spiro atoms. The smallest absolute Gasteiger partial charge is 0.251 e. The van der Waals surface area contributed by atoms with Crippen LogP contribution in [0, 0.1) is 5.82 Å². The summed E-state index contributed by atoms with van der Waals surface area (Å²) < 4.78 is 12.8. The molecule has 23 heavy (non-hydrogen) atoms. The lowest BCUT2D eigenvalue weighted by molar-refractivity contribution is -0.122. The molecule has 2 rings (SSSR count). The van der Waals surface area contributed by atoms with Crippen molar-refractivity contribution in [2.75, 3.05) is 13.1 Å². The molecule has 1 aliphatic carbocycles. The number of rotatable bonds is 7. The predicted molar refractivity (Wildman–Crippen MR) is 84.4 cm³/mol. The Bertz CT molecular complexity index is 539. The lowest BCUT2D eigenvalue weighted by atomic mass is 10.0. The quantitative estimate of drug-likeness (QED) is 0.669. The largest absolute Gasteiger partial charge is 0.388 e. The van der Waals surface area contributed by atoms with E-state index in [0.717, 1.165) is 25.7 Å². The Morgan fingerprint density at radius 3 is 2.43 bits per heavy atom. The van der Waals surface area contributed by atoms with Crippen LogP contribution in [0.25, 0.3) is 0 Å². The minimum Gasteiger partial charge on any atom is -0.388 e. The van der Waals surface area contributed by atoms with Crippen molar-refractivity contribution in [1.82, 2.24) is 10.6 Å². The molecule has 0 heterocycles. The number of benzene rings is 1. The van der Waals surface area contributed by atoms with E-state index in [1.165, 1.54) is 24.3 Å². The summed E-state index contributed by atoms with van der Waals surface area (Å²) in [7, 11) is 0. The van der Waals surface area contributed by atoms with E-state index in [-0.39, 0.29) is 17.6 Å². The molecule has 0 aromatic heterocycles. The van der Waals surface area contributed by atoms with E-state index in [1.807, 2.05) is 0 Å². The molecule has 0 bridgehead atoms. The van der Waals surface area contributed by atoms with Gasteiger partial charge < -0.3 is 15.7 Å². The standard InChI is InChI=1S/C17H23FN2O3/c18-14-7-5-13(6-8-14)16(22)19-11-3-4-15(21)20-12-17(23)9-1-2-10-17/h5-8,23H,1-4,9-12H2,(H,19,22)(H,20,21). The van der Waals surface area contributed by atoms with Crippen molar-refractivity contribution in [3.8, 4) is 0 Å². The lowest BCUT2D eigenvalue weighted by Crippen LogP contribution is -2.40. The maximum atomic E-state index is 12.8. The first-order valence-corrected chi connectivity index (χ1v) is 8.01. The van der Waals surface area contributed by atoms with Crippen LogP contribution in [0.1, 0.15) is 48.9 Å². The molecule has 5 nitrogen and oxygen atoms in total. The zero-order valence-corrected chi connectivity index (χ0v) is 13.1. The Morgan fingerprint density at radius 1 is 1.13 bits per heavy atom. The number of hydrogen-bond donors (Lipinski definition) is 3. The van der Waals surface area contributed by atoms with Gasteiger partial charge in [-0.1, -0.05) is 12.8 Å². The lowest BCUT2D eigenvalue weighted by Gasteiger charge is -2.22. The third-order valence-corrected chi connectivity index (χ3v) is 4.12. The number of hydrogen-bond acceptors (Lipinski definition) is 3. The minimum absolute atomic E-state index is 0.124. The zero-order valence-electron chi connectivity index (χ0n) is 13.1. The number of aliphatic hydroxyl groups is 1. The predicted octanol–water partition coefficient (Wildman–Crippen LogP) is 1.76. The fourth-order valence-electron chi connectivity index (χ4n) is 2.72. The maximum absolute atomic E-state index is 12.8. The Morgan fingerprint density at radius 2 is 1.78 bits per heavy atom. The molecule has 0 saturated heterocycles. The van der Waals surface area contributed by atoms with Crippen LogP contribution in [0.3, 0.4) is 0 Å². The van der Waals surface area contributed by atoms with Crippen LogP contribution < -0.4 is 10.6 Å². The van der Waals surface area contributed by atoms with Crippen LogP contribution in [0.5, 0.6) is 0 Å². The highest BCUT2D eigenvalue weighted by molar-refractivity contribution is 5.94. The van der Waals surface area contributed by atoms with E-state index < -0.39 is 5.60 Å². The van der Waals surface area contributed by atoms with Gasteiger partial charge in [0.25, 0.3) is 5.91 Å². The first-order chi connectivity index (χ1) is 11.0. The zero-order chi connectivity index (χ0) is 16.7. The molecular formula is C17H23FN2O3. The van der Waals surface area contributed by atoms with Crippen molar-refractivity contribution in [2.24, 2.45) is 0 Å². The van der Waals surface area contributed by atoms with Crippen LogP contribution in [-0.4, -0.2) is 35.6 Å². The van der Waals surface area contributed by atoms with Gasteiger partial charge in [0, 0.05) is 25.1 Å². The van der Waals surface area contributed by atoms with Gasteiger partial charge in [0.15, 0.2) is 0 Å². The maximum Gasteiger partial charge on any atom is 0.251 e. The van der Waals surface area contributed by atoms with Crippen molar-refractivity contribution in [2.45, 2.75) is 44.1 Å². The number of carbonyl (C=O) groups excluding carboxylic acids is 2. The van der Waals surface area contributed by atoms with E-state index in [1.54, 1.807) is 0 Å². The first kappa shape index (κ1) is 17.4. The van der Waals surface area contributed by atoms with E-state index >= 15 is 0 Å². The molecule has 1 saturated carbocycles. The summed E-state index contributed by atoms with van der Waals surface area (Å²) in [6.45, 7) is 0.668. The fraction of sp³-hybridized carbons (Fsp3) is 0.529. The first-order valence-electron chi connectivity index (χ1n) is 8.01. The molecule has 6 heteroatoms. The summed E-state index contributed by atoms with van der Waals surface area (Å²) in [5, 5.41) is 15.6. The van der Waals surface area contributed by atoms with Gasteiger partial charge in [-0.15, -0.1) is 0 Å². The van der Waals surface area contributed by atoms with Crippen LogP contribution in [0.15, 0.2) is 24.3 Å². The highest BCUT2D eigenvalue weighted by Gasteiger charge is 2.31. The highest BCUT2D eigenvalue weighted by Crippen LogP contribution is 2.28. The molecular weight excluding hydrogens is 299 g/mol. The van der Waals surface area contributed by atoms with Crippen molar-refractivity contribution in [3.05, 3.63) is 35.6 Å². The highest BCUT2D eigenvalue weighted by atomic mass is 19.1. The molecule has 2 amide bonds. The normalized spacial score (nSPS) is 16.1. The molecule has 0 aliphatic heterocycles. The van der Waals surface area contributed by atoms with E-state index in [9.17, 15) is 19.1 Å². The molecule has 0 unspecified atom stereocenters. The molecule has 1 aliphatic rings. The molecule has 1 aromatic carbocycles. The number of halogens is 1. The van der Waals surface area contributed by atoms with E-state index in [2.05, 4.69) is 10.6 Å². The Kier molecular flexibility index (Phi) is 6.10. The molecule has 3 N–H and O–H groups in total. The third kappa shape index (κ3) is 5.63. The Labute approximate surface area is 135 Å². The summed E-state index contributed by atoms with van der Waals surface area (Å²) in [4.78, 5) is 23.5. The monoisotopic (exact) mass is 322 g/mol. The van der Waals surface area contributed by atoms with Crippen LogP contribution in [0.4, 0.5) is 4.39 Å². The third-order valence-electron chi connectivity index (χ3n) is 4.12.